The number of carbonyl (C=O) groups is 1. The fourth-order valence-electron chi connectivity index (χ4n) is 1.89. The third kappa shape index (κ3) is 1.43. The van der Waals surface area contributed by atoms with Crippen molar-refractivity contribution in [1.29, 1.82) is 0 Å². The molecule has 18 heavy (non-hydrogen) atoms. The summed E-state index contributed by atoms with van der Waals surface area (Å²) in [6, 6.07) is 6.63. The second kappa shape index (κ2) is 3.63. The molecule has 0 fully saturated rings. The van der Waals surface area contributed by atoms with Gasteiger partial charge in [0.15, 0.2) is 0 Å². The highest BCUT2D eigenvalue weighted by atomic mass is 16.4. The minimum Gasteiger partial charge on any atom is -0.507 e. The van der Waals surface area contributed by atoms with Crippen LogP contribution in [-0.4, -0.2) is 31.4 Å². The molecule has 0 spiro atoms. The predicted molar refractivity (Wildman–Crippen MR) is 64.5 cm³/mol. The van der Waals surface area contributed by atoms with Gasteiger partial charge in [0.05, 0.1) is 5.69 Å². The zero-order chi connectivity index (χ0) is 12.7. The Morgan fingerprint density at radius 2 is 2.11 bits per heavy atom. The van der Waals surface area contributed by atoms with Crippen molar-refractivity contribution >= 4 is 16.9 Å². The first kappa shape index (κ1) is 10.4. The monoisotopic (exact) mass is 243 g/mol. The number of nitrogens with zero attached hydrogens (tertiary/aromatic N) is 1. The van der Waals surface area contributed by atoms with Crippen LogP contribution in [0.3, 0.4) is 0 Å². The summed E-state index contributed by atoms with van der Waals surface area (Å²) in [7, 11) is 0. The van der Waals surface area contributed by atoms with Gasteiger partial charge in [-0.05, 0) is 24.3 Å². The molecule has 0 saturated heterocycles. The van der Waals surface area contributed by atoms with Crippen molar-refractivity contribution in [3.8, 4) is 17.0 Å². The lowest BCUT2D eigenvalue weighted by atomic mass is 10.1. The van der Waals surface area contributed by atoms with Crippen LogP contribution in [0.5, 0.6) is 5.75 Å². The van der Waals surface area contributed by atoms with Crippen LogP contribution in [-0.2, 0) is 0 Å². The van der Waals surface area contributed by atoms with Crippen LogP contribution in [0.25, 0.3) is 22.2 Å². The summed E-state index contributed by atoms with van der Waals surface area (Å²) in [5, 5.41) is 25.9. The molecule has 3 rings (SSSR count). The molecule has 2 aromatic heterocycles. The van der Waals surface area contributed by atoms with Crippen molar-refractivity contribution in [2.75, 3.05) is 0 Å². The summed E-state index contributed by atoms with van der Waals surface area (Å²) in [6.45, 7) is 0. The van der Waals surface area contributed by atoms with Gasteiger partial charge in [-0.25, -0.2) is 4.79 Å². The van der Waals surface area contributed by atoms with Crippen LogP contribution >= 0.6 is 0 Å². The van der Waals surface area contributed by atoms with Crippen molar-refractivity contribution in [2.24, 2.45) is 0 Å². The van der Waals surface area contributed by atoms with E-state index < -0.39 is 5.97 Å². The number of aromatic carboxylic acids is 1. The molecule has 0 unspecified atom stereocenters. The SMILES string of the molecule is O=C(O)c1cc(-c2ccc3[nH]ccc3c2O)n[nH]1. The number of hydrogen-bond donors (Lipinski definition) is 4. The molecule has 0 aliphatic carbocycles. The average molecular weight is 243 g/mol. The molecule has 4 N–H and O–H groups in total. The summed E-state index contributed by atoms with van der Waals surface area (Å²) in [4.78, 5) is 13.7. The molecule has 90 valence electrons. The summed E-state index contributed by atoms with van der Waals surface area (Å²) >= 11 is 0. The Hall–Kier alpha value is -2.76. The number of benzene rings is 1. The topological polar surface area (TPSA) is 102 Å². The van der Waals surface area contributed by atoms with E-state index >= 15 is 0 Å². The van der Waals surface area contributed by atoms with Crippen molar-refractivity contribution in [3.05, 3.63) is 36.2 Å². The number of carboxylic acids is 1. The van der Waals surface area contributed by atoms with E-state index in [0.717, 1.165) is 5.52 Å². The molecule has 0 amide bonds. The minimum absolute atomic E-state index is 0.0152. The first-order valence-electron chi connectivity index (χ1n) is 5.25. The van der Waals surface area contributed by atoms with E-state index in [0.29, 0.717) is 16.6 Å². The molecule has 0 atom stereocenters. The lowest BCUT2D eigenvalue weighted by Crippen LogP contribution is -1.95. The van der Waals surface area contributed by atoms with Crippen LogP contribution in [0.2, 0.25) is 0 Å². The fraction of sp³-hybridized carbons (Fsp3) is 0. The second-order valence-corrected chi connectivity index (χ2v) is 3.87. The molecule has 2 heterocycles. The number of H-pyrrole nitrogens is 2. The molecule has 1 aromatic carbocycles. The second-order valence-electron chi connectivity index (χ2n) is 3.87. The smallest absolute Gasteiger partial charge is 0.353 e. The summed E-state index contributed by atoms with van der Waals surface area (Å²) in [6.07, 6.45) is 1.72. The van der Waals surface area contributed by atoms with Gasteiger partial charge in [0.25, 0.3) is 0 Å². The third-order valence-corrected chi connectivity index (χ3v) is 2.79. The summed E-state index contributed by atoms with van der Waals surface area (Å²) in [5.74, 6) is -1.01. The third-order valence-electron chi connectivity index (χ3n) is 2.79. The molecule has 0 bridgehead atoms. The van der Waals surface area contributed by atoms with Crippen molar-refractivity contribution in [1.82, 2.24) is 15.2 Å². The quantitative estimate of drug-likeness (QED) is 0.552. The predicted octanol–water partition coefficient (Wildman–Crippen LogP) is 1.96. The lowest BCUT2D eigenvalue weighted by molar-refractivity contribution is 0.0690. The molecular weight excluding hydrogens is 234 g/mol. The van der Waals surface area contributed by atoms with Crippen LogP contribution in [0.15, 0.2) is 30.5 Å². The zero-order valence-corrected chi connectivity index (χ0v) is 9.14. The highest BCUT2D eigenvalue weighted by Gasteiger charge is 2.14. The molecule has 6 nitrogen and oxygen atoms in total. The Labute approximate surface area is 101 Å². The molecular formula is C12H9N3O3. The van der Waals surface area contributed by atoms with Crippen LogP contribution in [0, 0.1) is 0 Å². The van der Waals surface area contributed by atoms with Gasteiger partial charge in [-0.2, -0.15) is 5.10 Å². The molecule has 6 heteroatoms. The number of fused-ring (bicyclic) bond motifs is 1. The molecule has 0 aliphatic rings. The normalized spacial score (nSPS) is 10.9. The number of carboxylic acid groups (broad SMARTS) is 1. The van der Waals surface area contributed by atoms with Gasteiger partial charge in [0, 0.05) is 22.7 Å². The summed E-state index contributed by atoms with van der Waals surface area (Å²) < 4.78 is 0. The number of nitrogens with one attached hydrogen (secondary N) is 2. The van der Waals surface area contributed by atoms with Crippen molar-refractivity contribution in [3.63, 3.8) is 0 Å². The fourth-order valence-corrected chi connectivity index (χ4v) is 1.89. The van der Waals surface area contributed by atoms with Gasteiger partial charge >= 0.3 is 5.97 Å². The van der Waals surface area contributed by atoms with Gasteiger partial charge in [0.2, 0.25) is 0 Å². The molecule has 3 aromatic rings. The number of aromatic amines is 2. The Morgan fingerprint density at radius 1 is 1.28 bits per heavy atom. The number of phenols is 1. The number of rotatable bonds is 2. The highest BCUT2D eigenvalue weighted by molar-refractivity contribution is 5.93. The first-order valence-corrected chi connectivity index (χ1v) is 5.25. The first-order chi connectivity index (χ1) is 8.66. The minimum atomic E-state index is -1.09. The van der Waals surface area contributed by atoms with Crippen LogP contribution in [0.4, 0.5) is 0 Å². The largest absolute Gasteiger partial charge is 0.507 e. The van der Waals surface area contributed by atoms with E-state index in [-0.39, 0.29) is 11.4 Å². The van der Waals surface area contributed by atoms with Crippen molar-refractivity contribution < 1.29 is 15.0 Å². The number of hydrogen-bond acceptors (Lipinski definition) is 3. The average Bonchev–Trinajstić information content (AvgIpc) is 2.97. The standard InChI is InChI=1S/C12H9N3O3/c16-11-6(1-2-8-7(11)3-4-13-8)9-5-10(12(17)18)15-14-9/h1-5,13,16H,(H,14,15)(H,17,18). The van der Waals surface area contributed by atoms with Gasteiger partial charge in [0.1, 0.15) is 11.4 Å². The number of aromatic nitrogens is 3. The lowest BCUT2D eigenvalue weighted by Gasteiger charge is -2.02. The Balaban J connectivity index is 2.18. The molecule has 0 radical (unpaired) electrons. The summed E-state index contributed by atoms with van der Waals surface area (Å²) in [5.41, 5.74) is 1.68. The van der Waals surface area contributed by atoms with E-state index in [9.17, 15) is 9.90 Å². The maximum absolute atomic E-state index is 10.8. The van der Waals surface area contributed by atoms with Crippen LogP contribution < -0.4 is 0 Å². The Kier molecular flexibility index (Phi) is 2.09. The van der Waals surface area contributed by atoms with Gasteiger partial charge in [-0.15, -0.1) is 0 Å². The number of phenolic OH excluding ortho intramolecular Hbond substituents is 1. The van der Waals surface area contributed by atoms with E-state index in [1.807, 2.05) is 0 Å². The van der Waals surface area contributed by atoms with E-state index in [2.05, 4.69) is 15.2 Å². The highest BCUT2D eigenvalue weighted by Crippen LogP contribution is 2.34. The maximum Gasteiger partial charge on any atom is 0.353 e. The van der Waals surface area contributed by atoms with E-state index in [1.165, 1.54) is 6.07 Å². The number of aromatic hydroxyl groups is 1. The zero-order valence-electron chi connectivity index (χ0n) is 9.14. The van der Waals surface area contributed by atoms with Crippen molar-refractivity contribution in [2.45, 2.75) is 0 Å². The van der Waals surface area contributed by atoms with Gasteiger partial charge in [-0.1, -0.05) is 0 Å². The Morgan fingerprint density at radius 3 is 2.83 bits per heavy atom. The van der Waals surface area contributed by atoms with Gasteiger partial charge < -0.3 is 15.2 Å². The molecule has 0 saturated carbocycles. The van der Waals surface area contributed by atoms with E-state index in [4.69, 9.17) is 5.11 Å². The molecule has 0 aliphatic heterocycles. The van der Waals surface area contributed by atoms with Gasteiger partial charge in [-0.3, -0.25) is 5.10 Å². The van der Waals surface area contributed by atoms with E-state index in [1.54, 1.807) is 24.4 Å². The Bertz CT molecular complexity index is 742. The maximum atomic E-state index is 10.8. The van der Waals surface area contributed by atoms with Crippen LogP contribution in [0.1, 0.15) is 10.5 Å².